The highest BCUT2D eigenvalue weighted by Crippen LogP contribution is 2.56. The van der Waals surface area contributed by atoms with E-state index in [2.05, 4.69) is 0 Å². The van der Waals surface area contributed by atoms with Gasteiger partial charge in [-0.25, -0.2) is 4.79 Å². The molecule has 2 rings (SSSR count). The van der Waals surface area contributed by atoms with E-state index in [1.807, 2.05) is 26.0 Å². The average Bonchev–Trinajstić information content (AvgIpc) is 2.75. The Morgan fingerprint density at radius 3 is 2.46 bits per heavy atom. The van der Waals surface area contributed by atoms with Gasteiger partial charge in [0.25, 0.3) is 0 Å². The molecule has 70 valence electrons. The van der Waals surface area contributed by atoms with Crippen molar-refractivity contribution in [3.05, 3.63) is 24.3 Å². The number of ether oxygens (including phenoxy) is 1. The van der Waals surface area contributed by atoms with Crippen LogP contribution >= 0.6 is 0 Å². The summed E-state index contributed by atoms with van der Waals surface area (Å²) in [5.74, 6) is -0.730. The molecule has 1 N–H and O–H groups in total. The van der Waals surface area contributed by atoms with E-state index in [9.17, 15) is 4.79 Å². The van der Waals surface area contributed by atoms with Gasteiger partial charge < -0.3 is 9.84 Å². The predicted molar refractivity (Wildman–Crippen MR) is 47.3 cm³/mol. The van der Waals surface area contributed by atoms with Crippen LogP contribution in [0.15, 0.2) is 24.3 Å². The lowest BCUT2D eigenvalue weighted by Crippen LogP contribution is -2.35. The standard InChI is InChI=1S/C10H12O3/c1-7(2)9-5-3-4-6-10(9,13-9)8(11)12/h3-7H,1-2H3,(H,11,12). The van der Waals surface area contributed by atoms with Crippen LogP contribution in [0.3, 0.4) is 0 Å². The van der Waals surface area contributed by atoms with Crippen LogP contribution in [0, 0.1) is 5.92 Å². The van der Waals surface area contributed by atoms with Crippen molar-refractivity contribution in [1.82, 2.24) is 0 Å². The maximum absolute atomic E-state index is 11.0. The van der Waals surface area contributed by atoms with Gasteiger partial charge in [-0.2, -0.15) is 0 Å². The lowest BCUT2D eigenvalue weighted by molar-refractivity contribution is -0.141. The van der Waals surface area contributed by atoms with Crippen LogP contribution < -0.4 is 0 Å². The lowest BCUT2D eigenvalue weighted by Gasteiger charge is -2.16. The second-order valence-corrected chi connectivity index (χ2v) is 3.81. The molecule has 2 unspecified atom stereocenters. The van der Waals surface area contributed by atoms with Crippen LogP contribution in [0.2, 0.25) is 0 Å². The smallest absolute Gasteiger partial charge is 0.343 e. The fourth-order valence-electron chi connectivity index (χ4n) is 1.97. The lowest BCUT2D eigenvalue weighted by atomic mass is 9.81. The Morgan fingerprint density at radius 2 is 2.00 bits per heavy atom. The summed E-state index contributed by atoms with van der Waals surface area (Å²) in [5, 5.41) is 9.04. The highest BCUT2D eigenvalue weighted by atomic mass is 16.7. The van der Waals surface area contributed by atoms with E-state index in [0.29, 0.717) is 0 Å². The van der Waals surface area contributed by atoms with Crippen molar-refractivity contribution < 1.29 is 14.6 Å². The number of allylic oxidation sites excluding steroid dienone is 2. The normalized spacial score (nSPS) is 40.5. The summed E-state index contributed by atoms with van der Waals surface area (Å²) in [5.41, 5.74) is -1.69. The zero-order valence-corrected chi connectivity index (χ0v) is 7.65. The van der Waals surface area contributed by atoms with Gasteiger partial charge in [-0.3, -0.25) is 0 Å². The molecule has 13 heavy (non-hydrogen) atoms. The Hall–Kier alpha value is -1.09. The Bertz CT molecular complexity index is 316. The molecule has 1 heterocycles. The third-order valence-corrected chi connectivity index (χ3v) is 2.83. The molecule has 2 atom stereocenters. The third-order valence-electron chi connectivity index (χ3n) is 2.83. The van der Waals surface area contributed by atoms with E-state index >= 15 is 0 Å². The topological polar surface area (TPSA) is 49.8 Å². The molecule has 3 heteroatoms. The van der Waals surface area contributed by atoms with Crippen LogP contribution in [-0.2, 0) is 9.53 Å². The van der Waals surface area contributed by atoms with Gasteiger partial charge in [-0.1, -0.05) is 26.0 Å². The summed E-state index contributed by atoms with van der Waals surface area (Å²) >= 11 is 0. The molecule has 0 aromatic carbocycles. The maximum Gasteiger partial charge on any atom is 0.343 e. The van der Waals surface area contributed by atoms with Gasteiger partial charge in [-0.05, 0) is 18.1 Å². The van der Waals surface area contributed by atoms with Crippen molar-refractivity contribution in [2.45, 2.75) is 25.0 Å². The Labute approximate surface area is 76.7 Å². The molecule has 0 radical (unpaired) electrons. The van der Waals surface area contributed by atoms with Crippen molar-refractivity contribution in [1.29, 1.82) is 0 Å². The molecule has 1 aliphatic carbocycles. The first kappa shape index (κ1) is 8.51. The first-order chi connectivity index (χ1) is 6.05. The van der Waals surface area contributed by atoms with Crippen molar-refractivity contribution in [3.8, 4) is 0 Å². The second kappa shape index (κ2) is 2.23. The summed E-state index contributed by atoms with van der Waals surface area (Å²) in [6, 6.07) is 0. The van der Waals surface area contributed by atoms with Gasteiger partial charge in [0, 0.05) is 0 Å². The zero-order chi connectivity index (χ0) is 9.69. The molecule has 0 saturated carbocycles. The third kappa shape index (κ3) is 0.800. The van der Waals surface area contributed by atoms with Crippen molar-refractivity contribution in [3.63, 3.8) is 0 Å². The Morgan fingerprint density at radius 1 is 1.38 bits per heavy atom. The van der Waals surface area contributed by atoms with E-state index in [0.717, 1.165) is 0 Å². The largest absolute Gasteiger partial charge is 0.479 e. The van der Waals surface area contributed by atoms with Crippen molar-refractivity contribution >= 4 is 5.97 Å². The zero-order valence-electron chi connectivity index (χ0n) is 7.65. The molecule has 0 aromatic heterocycles. The SMILES string of the molecule is CC(C)C12C=CC=CC1(C(=O)O)O2. The molecule has 1 fully saturated rings. The number of fused-ring (bicyclic) bond motifs is 1. The molecular formula is C10H12O3. The summed E-state index contributed by atoms with van der Waals surface area (Å²) < 4.78 is 5.40. The van der Waals surface area contributed by atoms with Gasteiger partial charge in [0.1, 0.15) is 5.60 Å². The van der Waals surface area contributed by atoms with Gasteiger partial charge in [0.15, 0.2) is 0 Å². The number of carboxylic acid groups (broad SMARTS) is 1. The molecule has 3 nitrogen and oxygen atoms in total. The monoisotopic (exact) mass is 180 g/mol. The first-order valence-corrected chi connectivity index (χ1v) is 4.36. The minimum Gasteiger partial charge on any atom is -0.479 e. The fourth-order valence-corrected chi connectivity index (χ4v) is 1.97. The number of rotatable bonds is 2. The molecule has 1 saturated heterocycles. The minimum absolute atomic E-state index is 0.171. The highest BCUT2D eigenvalue weighted by Gasteiger charge is 2.74. The van der Waals surface area contributed by atoms with Crippen molar-refractivity contribution in [2.75, 3.05) is 0 Å². The average molecular weight is 180 g/mol. The Kier molecular flexibility index (Phi) is 1.46. The van der Waals surface area contributed by atoms with E-state index in [1.165, 1.54) is 0 Å². The first-order valence-electron chi connectivity index (χ1n) is 4.36. The number of hydrogen-bond donors (Lipinski definition) is 1. The molecule has 0 aromatic rings. The van der Waals surface area contributed by atoms with Crippen LogP contribution in [0.1, 0.15) is 13.8 Å². The van der Waals surface area contributed by atoms with Gasteiger partial charge >= 0.3 is 5.97 Å². The summed E-state index contributed by atoms with van der Waals surface area (Å²) in [6.45, 7) is 3.93. The number of hydrogen-bond acceptors (Lipinski definition) is 2. The Balaban J connectivity index is 2.41. The van der Waals surface area contributed by atoms with E-state index in [1.54, 1.807) is 12.2 Å². The van der Waals surface area contributed by atoms with E-state index in [4.69, 9.17) is 9.84 Å². The molecule has 0 amide bonds. The summed E-state index contributed by atoms with van der Waals surface area (Å²) in [4.78, 5) is 11.0. The highest BCUT2D eigenvalue weighted by molar-refractivity contribution is 5.87. The fraction of sp³-hybridized carbons (Fsp3) is 0.500. The number of aliphatic carboxylic acids is 1. The molecular weight excluding hydrogens is 168 g/mol. The number of carboxylic acids is 1. The molecule has 0 spiro atoms. The minimum atomic E-state index is -1.09. The summed E-state index contributed by atoms with van der Waals surface area (Å²) in [6.07, 6.45) is 7.02. The molecule has 2 aliphatic rings. The van der Waals surface area contributed by atoms with Crippen LogP contribution in [0.5, 0.6) is 0 Å². The van der Waals surface area contributed by atoms with Gasteiger partial charge in [0.2, 0.25) is 5.60 Å². The summed E-state index contributed by atoms with van der Waals surface area (Å²) in [7, 11) is 0. The number of epoxide rings is 1. The van der Waals surface area contributed by atoms with Crippen LogP contribution in [0.25, 0.3) is 0 Å². The molecule has 1 aliphatic heterocycles. The van der Waals surface area contributed by atoms with Crippen LogP contribution in [-0.4, -0.2) is 22.3 Å². The predicted octanol–water partition coefficient (Wildman–Crippen LogP) is 1.36. The van der Waals surface area contributed by atoms with Crippen LogP contribution in [0.4, 0.5) is 0 Å². The molecule has 0 bridgehead atoms. The second-order valence-electron chi connectivity index (χ2n) is 3.81. The quantitative estimate of drug-likeness (QED) is 0.653. The maximum atomic E-state index is 11.0. The van der Waals surface area contributed by atoms with Crippen molar-refractivity contribution in [2.24, 2.45) is 5.92 Å². The van der Waals surface area contributed by atoms with Gasteiger partial charge in [0.05, 0.1) is 0 Å². The van der Waals surface area contributed by atoms with E-state index < -0.39 is 17.2 Å². The van der Waals surface area contributed by atoms with E-state index in [-0.39, 0.29) is 5.92 Å². The van der Waals surface area contributed by atoms with Gasteiger partial charge in [-0.15, -0.1) is 0 Å². The number of carbonyl (C=O) groups is 1.